The van der Waals surface area contributed by atoms with Gasteiger partial charge in [0.1, 0.15) is 12.4 Å². The first-order valence-electron chi connectivity index (χ1n) is 10.2. The van der Waals surface area contributed by atoms with Crippen LogP contribution in [0.4, 0.5) is 15.8 Å². The van der Waals surface area contributed by atoms with Gasteiger partial charge in [0.05, 0.1) is 22.8 Å². The Hall–Kier alpha value is -3.37. The Morgan fingerprint density at radius 2 is 1.71 bits per heavy atom. The molecule has 0 unspecified atom stereocenters. The van der Waals surface area contributed by atoms with E-state index in [-0.39, 0.29) is 17.2 Å². The number of hydrogen-bond donors (Lipinski definition) is 1. The van der Waals surface area contributed by atoms with Gasteiger partial charge in [-0.3, -0.25) is 9.10 Å². The monoisotopic (exact) mass is 502 g/mol. The number of nitrogens with one attached hydrogen (secondary N) is 1. The summed E-state index contributed by atoms with van der Waals surface area (Å²) < 4.78 is 46.4. The van der Waals surface area contributed by atoms with Crippen LogP contribution in [-0.4, -0.2) is 39.7 Å². The first-order valence-corrected chi connectivity index (χ1v) is 12.9. The van der Waals surface area contributed by atoms with E-state index in [1.807, 2.05) is 6.26 Å². The molecule has 0 aliphatic rings. The van der Waals surface area contributed by atoms with E-state index in [0.717, 1.165) is 15.3 Å². The highest BCUT2D eigenvalue weighted by Crippen LogP contribution is 2.26. The standard InChI is InChI=1S/C24H23FN2O5S2/c1-3-32-24(29)17-7-9-19(10-8-17)26-23(28)16-27(20-6-4-5-18(25)15-20)34(30,31)22-13-11-21(33-2)12-14-22/h4-15H,3,16H2,1-2H3,(H,26,28). The van der Waals surface area contributed by atoms with Crippen molar-refractivity contribution in [3.8, 4) is 0 Å². The summed E-state index contributed by atoms with van der Waals surface area (Å²) in [5, 5.41) is 2.60. The highest BCUT2D eigenvalue weighted by Gasteiger charge is 2.27. The van der Waals surface area contributed by atoms with E-state index in [4.69, 9.17) is 4.74 Å². The maximum absolute atomic E-state index is 13.9. The number of ether oxygens (including phenoxy) is 1. The minimum absolute atomic E-state index is 0.0155. The van der Waals surface area contributed by atoms with E-state index in [1.165, 1.54) is 66.4 Å². The molecule has 34 heavy (non-hydrogen) atoms. The second kappa shape index (κ2) is 11.2. The molecule has 0 atom stereocenters. The number of halogens is 1. The summed E-state index contributed by atoms with van der Waals surface area (Å²) >= 11 is 1.46. The number of amides is 1. The number of anilines is 2. The maximum Gasteiger partial charge on any atom is 0.338 e. The predicted octanol–water partition coefficient (Wildman–Crippen LogP) is 4.56. The molecule has 3 rings (SSSR count). The molecule has 7 nitrogen and oxygen atoms in total. The number of thioether (sulfide) groups is 1. The van der Waals surface area contributed by atoms with Crippen molar-refractivity contribution in [2.24, 2.45) is 0 Å². The molecule has 0 radical (unpaired) electrons. The van der Waals surface area contributed by atoms with Gasteiger partial charge in [-0.25, -0.2) is 17.6 Å². The Kier molecular flexibility index (Phi) is 8.30. The van der Waals surface area contributed by atoms with E-state index in [1.54, 1.807) is 19.1 Å². The third-order valence-corrected chi connectivity index (χ3v) is 7.24. The number of esters is 1. The zero-order chi connectivity index (χ0) is 24.7. The minimum Gasteiger partial charge on any atom is -0.462 e. The Morgan fingerprint density at radius 3 is 2.29 bits per heavy atom. The predicted molar refractivity (Wildman–Crippen MR) is 130 cm³/mol. The summed E-state index contributed by atoms with van der Waals surface area (Å²) in [4.78, 5) is 25.4. The fourth-order valence-corrected chi connectivity index (χ4v) is 4.88. The van der Waals surface area contributed by atoms with Gasteiger partial charge < -0.3 is 10.1 Å². The van der Waals surface area contributed by atoms with Gasteiger partial charge in [0.25, 0.3) is 10.0 Å². The SMILES string of the molecule is CCOC(=O)c1ccc(NC(=O)CN(c2cccc(F)c2)S(=O)(=O)c2ccc(SC)cc2)cc1. The summed E-state index contributed by atoms with van der Waals surface area (Å²) in [7, 11) is -4.17. The average Bonchev–Trinajstić information content (AvgIpc) is 2.83. The number of hydrogen-bond acceptors (Lipinski definition) is 6. The number of benzene rings is 3. The molecule has 3 aromatic carbocycles. The van der Waals surface area contributed by atoms with Gasteiger partial charge in [-0.15, -0.1) is 11.8 Å². The van der Waals surface area contributed by atoms with Crippen molar-refractivity contribution in [1.82, 2.24) is 0 Å². The molecule has 0 saturated heterocycles. The lowest BCUT2D eigenvalue weighted by atomic mass is 10.2. The van der Waals surface area contributed by atoms with Gasteiger partial charge >= 0.3 is 5.97 Å². The molecule has 10 heteroatoms. The third-order valence-electron chi connectivity index (χ3n) is 4.71. The highest BCUT2D eigenvalue weighted by molar-refractivity contribution is 7.98. The molecule has 1 amide bonds. The van der Waals surface area contributed by atoms with Crippen molar-refractivity contribution < 1.29 is 27.1 Å². The van der Waals surface area contributed by atoms with Crippen molar-refractivity contribution in [3.05, 3.63) is 84.2 Å². The van der Waals surface area contributed by atoms with E-state index < -0.39 is 34.3 Å². The molecule has 0 saturated carbocycles. The molecule has 0 spiro atoms. The van der Waals surface area contributed by atoms with Crippen molar-refractivity contribution >= 4 is 45.0 Å². The average molecular weight is 503 g/mol. The fourth-order valence-electron chi connectivity index (χ4n) is 3.06. The molecule has 3 aromatic rings. The second-order valence-electron chi connectivity index (χ2n) is 7.01. The molecule has 1 N–H and O–H groups in total. The minimum atomic E-state index is -4.17. The Bertz CT molecular complexity index is 1260. The summed E-state index contributed by atoms with van der Waals surface area (Å²) in [5.41, 5.74) is 0.693. The van der Waals surface area contributed by atoms with Crippen LogP contribution >= 0.6 is 11.8 Å². The summed E-state index contributed by atoms with van der Waals surface area (Å²) in [6, 6.07) is 17.2. The molecule has 0 fully saturated rings. The number of rotatable bonds is 9. The quantitative estimate of drug-likeness (QED) is 0.341. The van der Waals surface area contributed by atoms with Crippen LogP contribution in [0, 0.1) is 5.82 Å². The number of carbonyl (C=O) groups is 2. The van der Waals surface area contributed by atoms with Crippen LogP contribution in [0.15, 0.2) is 82.6 Å². The van der Waals surface area contributed by atoms with Gasteiger partial charge in [-0.1, -0.05) is 6.07 Å². The van der Waals surface area contributed by atoms with E-state index >= 15 is 0 Å². The van der Waals surface area contributed by atoms with Gasteiger partial charge in [0.15, 0.2) is 0 Å². The van der Waals surface area contributed by atoms with Gasteiger partial charge in [0, 0.05) is 10.6 Å². The molecule has 0 aliphatic carbocycles. The van der Waals surface area contributed by atoms with Crippen molar-refractivity contribution in [3.63, 3.8) is 0 Å². The van der Waals surface area contributed by atoms with Crippen LogP contribution in [0.2, 0.25) is 0 Å². The second-order valence-corrected chi connectivity index (χ2v) is 9.76. The van der Waals surface area contributed by atoms with E-state index in [2.05, 4.69) is 5.32 Å². The number of carbonyl (C=O) groups excluding carboxylic acids is 2. The van der Waals surface area contributed by atoms with Crippen LogP contribution in [0.25, 0.3) is 0 Å². The Morgan fingerprint density at radius 1 is 1.03 bits per heavy atom. The topological polar surface area (TPSA) is 92.8 Å². The van der Waals surface area contributed by atoms with Crippen LogP contribution in [0.5, 0.6) is 0 Å². The zero-order valence-corrected chi connectivity index (χ0v) is 20.2. The van der Waals surface area contributed by atoms with Crippen LogP contribution in [-0.2, 0) is 19.6 Å². The van der Waals surface area contributed by atoms with Crippen molar-refractivity contribution in [2.45, 2.75) is 16.7 Å². The number of nitrogens with zero attached hydrogens (tertiary/aromatic N) is 1. The van der Waals surface area contributed by atoms with Crippen LogP contribution in [0.3, 0.4) is 0 Å². The lowest BCUT2D eigenvalue weighted by Gasteiger charge is -2.24. The largest absolute Gasteiger partial charge is 0.462 e. The lowest BCUT2D eigenvalue weighted by Crippen LogP contribution is -2.38. The molecule has 0 aliphatic heterocycles. The van der Waals surface area contributed by atoms with E-state index in [0.29, 0.717) is 11.3 Å². The van der Waals surface area contributed by atoms with Gasteiger partial charge in [0.2, 0.25) is 5.91 Å². The Balaban J connectivity index is 1.85. The third kappa shape index (κ3) is 6.15. The van der Waals surface area contributed by atoms with E-state index in [9.17, 15) is 22.4 Å². The molecule has 0 bridgehead atoms. The van der Waals surface area contributed by atoms with Crippen molar-refractivity contribution in [2.75, 3.05) is 29.0 Å². The highest BCUT2D eigenvalue weighted by atomic mass is 32.2. The molecular weight excluding hydrogens is 479 g/mol. The first-order chi connectivity index (χ1) is 16.2. The lowest BCUT2D eigenvalue weighted by molar-refractivity contribution is -0.114. The smallest absolute Gasteiger partial charge is 0.338 e. The zero-order valence-electron chi connectivity index (χ0n) is 18.5. The van der Waals surface area contributed by atoms with Crippen LogP contribution < -0.4 is 9.62 Å². The number of sulfonamides is 1. The fraction of sp³-hybridized carbons (Fsp3) is 0.167. The first kappa shape index (κ1) is 25.3. The molecule has 0 heterocycles. The normalized spacial score (nSPS) is 11.0. The van der Waals surface area contributed by atoms with Gasteiger partial charge in [-0.2, -0.15) is 0 Å². The summed E-state index contributed by atoms with van der Waals surface area (Å²) in [6.45, 7) is 1.35. The summed E-state index contributed by atoms with van der Waals surface area (Å²) in [5.74, 6) is -1.76. The van der Waals surface area contributed by atoms with Gasteiger partial charge in [-0.05, 0) is 79.9 Å². The van der Waals surface area contributed by atoms with Crippen LogP contribution in [0.1, 0.15) is 17.3 Å². The maximum atomic E-state index is 13.9. The van der Waals surface area contributed by atoms with Crippen molar-refractivity contribution in [1.29, 1.82) is 0 Å². The summed E-state index contributed by atoms with van der Waals surface area (Å²) in [6.07, 6.45) is 1.87. The molecule has 0 aromatic heterocycles. The Labute approximate surface area is 202 Å². The molecule has 178 valence electrons. The molecular formula is C24H23FN2O5S2.